The van der Waals surface area contributed by atoms with Crippen molar-refractivity contribution < 1.29 is 29.4 Å². The van der Waals surface area contributed by atoms with Crippen molar-refractivity contribution in [2.75, 3.05) is 0 Å². The van der Waals surface area contributed by atoms with Gasteiger partial charge in [0.15, 0.2) is 0 Å². The van der Waals surface area contributed by atoms with Gasteiger partial charge in [0.05, 0.1) is 0 Å². The molecule has 1 aliphatic carbocycles. The summed E-state index contributed by atoms with van der Waals surface area (Å²) in [7, 11) is 0. The Morgan fingerprint density at radius 3 is 1.77 bits per heavy atom. The van der Waals surface area contributed by atoms with E-state index >= 15 is 0 Å². The van der Waals surface area contributed by atoms with Crippen LogP contribution >= 0.6 is 0 Å². The van der Waals surface area contributed by atoms with E-state index in [1.165, 1.54) is 25.7 Å². The van der Waals surface area contributed by atoms with Crippen molar-refractivity contribution in [1.29, 1.82) is 0 Å². The molecule has 1 aliphatic rings. The number of aliphatic carboxylic acids is 1. The van der Waals surface area contributed by atoms with Crippen LogP contribution in [0, 0.1) is 0 Å². The van der Waals surface area contributed by atoms with Crippen LogP contribution in [0.25, 0.3) is 0 Å². The van der Waals surface area contributed by atoms with Gasteiger partial charge in [0.1, 0.15) is 0 Å². The van der Waals surface area contributed by atoms with E-state index in [2.05, 4.69) is 24.3 Å². The molecule has 0 fully saturated rings. The molecule has 0 radical (unpaired) electrons. The molecule has 13 heavy (non-hydrogen) atoms. The van der Waals surface area contributed by atoms with Crippen LogP contribution in [-0.4, -0.2) is 5.97 Å². The zero-order valence-electron chi connectivity index (χ0n) is 7.79. The number of allylic oxidation sites excluding steroid dienone is 4. The predicted molar refractivity (Wildman–Crippen MR) is 47.4 cm³/mol. The minimum atomic E-state index is -1.08. The van der Waals surface area contributed by atoms with E-state index in [-0.39, 0.29) is 19.5 Å². The standard InChI is InChI=1S/C8H12.C2H4O2.Rh/c1-2-4-6-8-7-5-3-1;1-2(3)4;/h1-4H,5-8H2;1H3,(H,3,4);/q;;+1/p-1. The summed E-state index contributed by atoms with van der Waals surface area (Å²) in [6.45, 7) is 0.972. The molecule has 1 rings (SSSR count). The summed E-state index contributed by atoms with van der Waals surface area (Å²) in [5.41, 5.74) is 0. The largest absolute Gasteiger partial charge is 1.00 e. The first-order valence-electron chi connectivity index (χ1n) is 4.22. The van der Waals surface area contributed by atoms with Crippen molar-refractivity contribution in [1.82, 2.24) is 0 Å². The maximum atomic E-state index is 8.89. The number of hydrogen-bond donors (Lipinski definition) is 0. The molecule has 0 N–H and O–H groups in total. The molecule has 0 heterocycles. The molecule has 0 aromatic carbocycles. The van der Waals surface area contributed by atoms with E-state index in [0.717, 1.165) is 6.92 Å². The van der Waals surface area contributed by atoms with Gasteiger partial charge in [0, 0.05) is 5.97 Å². The summed E-state index contributed by atoms with van der Waals surface area (Å²) < 4.78 is 0. The minimum Gasteiger partial charge on any atom is -0.550 e. The fraction of sp³-hybridized carbons (Fsp3) is 0.500. The van der Waals surface area contributed by atoms with E-state index in [4.69, 9.17) is 9.90 Å². The van der Waals surface area contributed by atoms with Crippen molar-refractivity contribution >= 4 is 5.97 Å². The van der Waals surface area contributed by atoms with Crippen LogP contribution < -0.4 is 5.11 Å². The fourth-order valence-electron chi connectivity index (χ4n) is 0.874. The van der Waals surface area contributed by atoms with Crippen LogP contribution in [0.3, 0.4) is 0 Å². The molecular weight excluding hydrogens is 255 g/mol. The Bertz CT molecular complexity index is 156. The molecule has 0 saturated heterocycles. The van der Waals surface area contributed by atoms with Gasteiger partial charge in [-0.25, -0.2) is 0 Å². The molecule has 3 heteroatoms. The van der Waals surface area contributed by atoms with E-state index in [9.17, 15) is 0 Å². The van der Waals surface area contributed by atoms with Gasteiger partial charge in [-0.1, -0.05) is 24.3 Å². The molecular formula is C10H15O2Rh. The summed E-state index contributed by atoms with van der Waals surface area (Å²) in [4.78, 5) is 8.89. The maximum Gasteiger partial charge on any atom is 1.00 e. The van der Waals surface area contributed by atoms with E-state index in [1.807, 2.05) is 0 Å². The molecule has 76 valence electrons. The number of rotatable bonds is 0. The first-order valence-corrected chi connectivity index (χ1v) is 4.22. The molecule has 0 spiro atoms. The van der Waals surface area contributed by atoms with Gasteiger partial charge in [0.2, 0.25) is 0 Å². The monoisotopic (exact) mass is 270 g/mol. The minimum absolute atomic E-state index is 0. The Morgan fingerprint density at radius 1 is 1.15 bits per heavy atom. The van der Waals surface area contributed by atoms with Gasteiger partial charge >= 0.3 is 19.5 Å². The Kier molecular flexibility index (Phi) is 13.4. The van der Waals surface area contributed by atoms with E-state index in [0.29, 0.717) is 0 Å². The third-order valence-electron chi connectivity index (χ3n) is 1.37. The Hall–Kier alpha value is -0.427. The average Bonchev–Trinajstić information content (AvgIpc) is 1.82. The first-order chi connectivity index (χ1) is 5.73. The summed E-state index contributed by atoms with van der Waals surface area (Å²) in [6, 6.07) is 0. The average molecular weight is 270 g/mol. The van der Waals surface area contributed by atoms with Crippen LogP contribution in [0.1, 0.15) is 32.6 Å². The van der Waals surface area contributed by atoms with Crippen molar-refractivity contribution in [2.24, 2.45) is 0 Å². The van der Waals surface area contributed by atoms with Crippen molar-refractivity contribution in [3.63, 3.8) is 0 Å². The fourth-order valence-corrected chi connectivity index (χ4v) is 0.874. The van der Waals surface area contributed by atoms with Gasteiger partial charge in [-0.05, 0) is 32.6 Å². The number of carbonyl (C=O) groups excluding carboxylic acids is 1. The van der Waals surface area contributed by atoms with Crippen LogP contribution in [0.15, 0.2) is 24.3 Å². The summed E-state index contributed by atoms with van der Waals surface area (Å²) in [5, 5.41) is 8.89. The van der Waals surface area contributed by atoms with Gasteiger partial charge < -0.3 is 9.90 Å². The summed E-state index contributed by atoms with van der Waals surface area (Å²) in [6.07, 6.45) is 14.0. The van der Waals surface area contributed by atoms with Crippen LogP contribution in [0.4, 0.5) is 0 Å². The molecule has 0 amide bonds. The first kappa shape index (κ1) is 15.1. The Labute approximate surface area is 92.5 Å². The van der Waals surface area contributed by atoms with Gasteiger partial charge in [-0.15, -0.1) is 0 Å². The van der Waals surface area contributed by atoms with Gasteiger partial charge in [-0.2, -0.15) is 0 Å². The smallest absolute Gasteiger partial charge is 0.550 e. The van der Waals surface area contributed by atoms with Gasteiger partial charge in [0.25, 0.3) is 0 Å². The maximum absolute atomic E-state index is 8.89. The predicted octanol–water partition coefficient (Wildman–Crippen LogP) is 1.43. The Balaban J connectivity index is 0. The number of carboxylic acids is 1. The zero-order chi connectivity index (χ0) is 9.23. The second kappa shape index (κ2) is 11.6. The third kappa shape index (κ3) is 18.5. The molecule has 0 aromatic heterocycles. The van der Waals surface area contributed by atoms with Crippen molar-refractivity contribution in [3.8, 4) is 0 Å². The number of carboxylic acid groups (broad SMARTS) is 1. The van der Waals surface area contributed by atoms with Crippen LogP contribution in [-0.2, 0) is 24.3 Å². The van der Waals surface area contributed by atoms with E-state index < -0.39 is 5.97 Å². The molecule has 0 aromatic rings. The second-order valence-corrected chi connectivity index (χ2v) is 2.63. The molecule has 0 saturated carbocycles. The van der Waals surface area contributed by atoms with Crippen molar-refractivity contribution in [2.45, 2.75) is 32.6 Å². The second-order valence-electron chi connectivity index (χ2n) is 2.63. The molecule has 0 bridgehead atoms. The third-order valence-corrected chi connectivity index (χ3v) is 1.37. The van der Waals surface area contributed by atoms with Crippen molar-refractivity contribution in [3.05, 3.63) is 24.3 Å². The number of hydrogen-bond acceptors (Lipinski definition) is 2. The molecule has 0 aliphatic heterocycles. The van der Waals surface area contributed by atoms with Crippen LogP contribution in [0.5, 0.6) is 0 Å². The van der Waals surface area contributed by atoms with Crippen LogP contribution in [0.2, 0.25) is 0 Å². The molecule has 0 unspecified atom stereocenters. The topological polar surface area (TPSA) is 40.1 Å². The Morgan fingerprint density at radius 2 is 1.46 bits per heavy atom. The number of carbonyl (C=O) groups is 1. The van der Waals surface area contributed by atoms with E-state index in [1.54, 1.807) is 0 Å². The molecule has 0 atom stereocenters. The summed E-state index contributed by atoms with van der Waals surface area (Å²) >= 11 is 0. The zero-order valence-corrected chi connectivity index (χ0v) is 9.43. The normalized spacial score (nSPS) is 14.2. The van der Waals surface area contributed by atoms with Gasteiger partial charge in [-0.3, -0.25) is 0 Å². The molecule has 2 nitrogen and oxygen atoms in total. The summed E-state index contributed by atoms with van der Waals surface area (Å²) in [5.74, 6) is -1.08. The quantitative estimate of drug-likeness (QED) is 0.625. The SMILES string of the molecule is C1=CCCCCC=C1.CC(=O)[O-].[Rh+].